The highest BCUT2D eigenvalue weighted by molar-refractivity contribution is 7.16. The summed E-state index contributed by atoms with van der Waals surface area (Å²) in [5.41, 5.74) is 17.1. The Morgan fingerprint density at radius 3 is 1.88 bits per heavy atom. The number of pyridine rings is 5. The Labute approximate surface area is 466 Å². The van der Waals surface area contributed by atoms with Gasteiger partial charge in [0.25, 0.3) is 0 Å². The van der Waals surface area contributed by atoms with Crippen molar-refractivity contribution in [3.05, 3.63) is 116 Å². The number of halogens is 3. The van der Waals surface area contributed by atoms with Crippen molar-refractivity contribution in [3.63, 3.8) is 0 Å². The molecule has 0 spiro atoms. The van der Waals surface area contributed by atoms with Crippen LogP contribution in [-0.2, 0) is 39.9 Å². The Morgan fingerprint density at radius 2 is 1.31 bits per heavy atom. The fourth-order valence-corrected chi connectivity index (χ4v) is 8.54. The van der Waals surface area contributed by atoms with Crippen LogP contribution in [0.5, 0.6) is 0 Å². The lowest BCUT2D eigenvalue weighted by Crippen LogP contribution is -2.35. The maximum absolute atomic E-state index is 12.0. The predicted octanol–water partition coefficient (Wildman–Crippen LogP) is 11.0. The number of nitrogens with two attached hydrogens (primary N) is 2. The van der Waals surface area contributed by atoms with Crippen LogP contribution in [0.4, 0.5) is 59.6 Å². The van der Waals surface area contributed by atoms with Crippen molar-refractivity contribution < 1.29 is 33.7 Å². The van der Waals surface area contributed by atoms with Crippen LogP contribution in [-0.4, -0.2) is 96.3 Å². The number of fused-ring (bicyclic) bond motifs is 3. The Bertz CT molecular complexity index is 2950. The highest BCUT2D eigenvalue weighted by Crippen LogP contribution is 2.34. The second kappa shape index (κ2) is 27.2. The van der Waals surface area contributed by atoms with Crippen molar-refractivity contribution in [3.8, 4) is 6.07 Å². The van der Waals surface area contributed by atoms with Crippen LogP contribution >= 0.6 is 46.1 Å². The summed E-state index contributed by atoms with van der Waals surface area (Å²) in [6.07, 6.45) is 11.1. The van der Waals surface area contributed by atoms with Crippen LogP contribution in [0.25, 0.3) is 0 Å². The molecule has 0 radical (unpaired) electrons. The Hall–Kier alpha value is -7.29. The second-order valence-electron chi connectivity index (χ2n) is 19.8. The quantitative estimate of drug-likeness (QED) is 0.0690. The molecule has 3 aliphatic rings. The van der Waals surface area contributed by atoms with E-state index in [9.17, 15) is 14.4 Å². The molecule has 0 unspecified atom stereocenters. The van der Waals surface area contributed by atoms with Crippen LogP contribution in [0.15, 0.2) is 73.6 Å². The molecule has 0 bridgehead atoms. The monoisotopic (exact) mass is 1130 g/mol. The number of carbonyl (C=O) groups is 3. The largest absolute Gasteiger partial charge is 0.444 e. The van der Waals surface area contributed by atoms with Crippen LogP contribution in [0.3, 0.4) is 0 Å². The second-order valence-corrected chi connectivity index (χ2v) is 22.0. The predicted molar refractivity (Wildman–Crippen MR) is 303 cm³/mol. The molecule has 3 aliphatic heterocycles. The summed E-state index contributed by atoms with van der Waals surface area (Å²) >= 11 is 18.7. The van der Waals surface area contributed by atoms with Crippen molar-refractivity contribution in [1.29, 1.82) is 5.26 Å². The molecule has 77 heavy (non-hydrogen) atoms. The minimum Gasteiger partial charge on any atom is -0.444 e. The normalized spacial score (nSPS) is 12.8. The molecule has 6 aromatic heterocycles. The number of amides is 3. The first-order chi connectivity index (χ1) is 36.2. The van der Waals surface area contributed by atoms with Crippen molar-refractivity contribution in [2.45, 2.75) is 105 Å². The van der Waals surface area contributed by atoms with Gasteiger partial charge < -0.3 is 41.4 Å². The lowest BCUT2D eigenvalue weighted by molar-refractivity contribution is 0.0573. The van der Waals surface area contributed by atoms with Crippen molar-refractivity contribution >= 4 is 110 Å². The molecule has 0 aliphatic carbocycles. The Morgan fingerprint density at radius 1 is 0.740 bits per heavy atom. The van der Waals surface area contributed by atoms with E-state index in [-0.39, 0.29) is 23.9 Å². The Balaban J connectivity index is 0.000000181. The number of nitrogens with zero attached hydrogens (tertiary/aromatic N) is 9. The van der Waals surface area contributed by atoms with Gasteiger partial charge in [0.1, 0.15) is 54.8 Å². The third-order valence-electron chi connectivity index (χ3n) is 10.4. The number of anilines is 8. The maximum atomic E-state index is 12.0. The van der Waals surface area contributed by atoms with Gasteiger partial charge in [-0.15, -0.1) is 0 Å². The van der Waals surface area contributed by atoms with Crippen molar-refractivity contribution in [1.82, 2.24) is 29.9 Å². The van der Waals surface area contributed by atoms with Crippen LogP contribution in [0.2, 0.25) is 15.5 Å². The third-order valence-corrected chi connectivity index (χ3v) is 12.0. The highest BCUT2D eigenvalue weighted by Gasteiger charge is 2.32. The minimum absolute atomic E-state index is 0.0750. The summed E-state index contributed by atoms with van der Waals surface area (Å²) in [6, 6.07) is 12.5. The third kappa shape index (κ3) is 18.7. The maximum Gasteiger partial charge on any atom is 0.414 e. The van der Waals surface area contributed by atoms with E-state index >= 15 is 0 Å². The molecule has 0 saturated heterocycles. The molecule has 8 N–H and O–H groups in total. The number of aromatic nitrogens is 6. The number of hydrogen-bond donors (Lipinski definition) is 6. The zero-order valence-electron chi connectivity index (χ0n) is 44.2. The molecule has 0 fully saturated rings. The molecular weight excluding hydrogens is 1070 g/mol. The van der Waals surface area contributed by atoms with E-state index in [0.717, 1.165) is 59.8 Å². The molecule has 0 aromatic carbocycles. The summed E-state index contributed by atoms with van der Waals surface area (Å²) in [4.78, 5) is 63.5. The van der Waals surface area contributed by atoms with Crippen LogP contribution < -0.4 is 37.2 Å². The molecular formula is C52H63Cl3N14O7S. The number of nitrogen functional groups attached to an aromatic ring is 2. The van der Waals surface area contributed by atoms with Gasteiger partial charge in [0.15, 0.2) is 5.13 Å². The lowest BCUT2D eigenvalue weighted by atomic mass is 10.2. The topological polar surface area (TPSA) is 295 Å². The number of aliphatic hydroxyl groups excluding tert-OH is 1. The van der Waals surface area contributed by atoms with Crippen LogP contribution in [0.1, 0.15) is 89.4 Å². The van der Waals surface area contributed by atoms with Gasteiger partial charge in [0.05, 0.1) is 23.3 Å². The van der Waals surface area contributed by atoms with Gasteiger partial charge in [0.2, 0.25) is 0 Å². The highest BCUT2D eigenvalue weighted by atomic mass is 35.5. The van der Waals surface area contributed by atoms with Gasteiger partial charge in [0, 0.05) is 97.3 Å². The van der Waals surface area contributed by atoms with E-state index in [0.29, 0.717) is 62.6 Å². The molecule has 410 valence electrons. The molecule has 25 heteroatoms. The standard InChI is InChI=1S/C12H17ClN2O3.C12H15ClN2O2.C12H17N3O2.C11H9N5S.C5H5ClN2/c1-12(2,3)18-11(17)15-9-4-6-14-10(13)8(9)5-7-16;2*1-12(2,3)17-11(16)15-7-5-8-9(15)4-6-14-10(8)13;12-5-7-6-15-11(17-7)16-10-8-1-3-13-9(8)2-4-14-10;6-5-3-4(7)1-2-8-5/h4,6,16H,5,7H2,1-3H3,(H,14,15,17);4,6H,5,7H2,1-3H3;4,6H,5,7H2,1-3H3,(H2,13,14);2,4,6,13H,1,3H2,(H,14,15,16);1-3H,(H2,7,8). The van der Waals surface area contributed by atoms with Gasteiger partial charge in [-0.05, 0) is 118 Å². The number of carbonyl (C=O) groups excluding carboxylic acids is 3. The first-order valence-electron chi connectivity index (χ1n) is 24.1. The fraction of sp³-hybridized carbons (Fsp3) is 0.385. The number of nitrogens with one attached hydrogen (secondary N) is 3. The fourth-order valence-electron chi connectivity index (χ4n) is 7.24. The van der Waals surface area contributed by atoms with E-state index in [1.165, 1.54) is 23.1 Å². The first kappa shape index (κ1) is 60.6. The average molecular weight is 1130 g/mol. The number of rotatable bonds is 5. The zero-order chi connectivity index (χ0) is 56.7. The summed E-state index contributed by atoms with van der Waals surface area (Å²) < 4.78 is 15.8. The van der Waals surface area contributed by atoms with E-state index in [1.54, 1.807) is 91.9 Å². The molecule has 0 saturated carbocycles. The Kier molecular flexibility index (Phi) is 21.4. The number of nitriles is 1. The summed E-state index contributed by atoms with van der Waals surface area (Å²) in [5, 5.41) is 28.6. The molecule has 9 heterocycles. The van der Waals surface area contributed by atoms with Gasteiger partial charge in [-0.2, -0.15) is 5.26 Å². The van der Waals surface area contributed by atoms with E-state index in [1.807, 2.05) is 47.6 Å². The summed E-state index contributed by atoms with van der Waals surface area (Å²) in [7, 11) is 0. The minimum atomic E-state index is -0.571. The molecule has 9 rings (SSSR count). The SMILES string of the molecule is CC(C)(C)OC(=O)N1CCc2c1ccnc2Cl.CC(C)(C)OC(=O)N1CCc2c1ccnc2N.CC(C)(C)OC(=O)Nc1ccnc(Cl)c1CCO.N#Cc1cnc(Nc2nccc3c2CCN3)s1.Nc1ccnc(Cl)c1. The van der Waals surface area contributed by atoms with E-state index in [4.69, 9.17) is 70.8 Å². The van der Waals surface area contributed by atoms with Gasteiger partial charge in [-0.25, -0.2) is 44.3 Å². The first-order valence-corrected chi connectivity index (χ1v) is 26.0. The van der Waals surface area contributed by atoms with Gasteiger partial charge >= 0.3 is 18.3 Å². The number of thiazole rings is 1. The van der Waals surface area contributed by atoms with Gasteiger partial charge in [-0.1, -0.05) is 46.1 Å². The van der Waals surface area contributed by atoms with Crippen molar-refractivity contribution in [2.24, 2.45) is 0 Å². The summed E-state index contributed by atoms with van der Waals surface area (Å²) in [5.74, 6) is 1.32. The molecule has 3 amide bonds. The lowest BCUT2D eigenvalue weighted by Gasteiger charge is -2.24. The van der Waals surface area contributed by atoms with Crippen molar-refractivity contribution in [2.75, 3.05) is 63.5 Å². The molecule has 6 aromatic rings. The number of hydrogen-bond acceptors (Lipinski definition) is 19. The van der Waals surface area contributed by atoms with E-state index < -0.39 is 22.9 Å². The number of aliphatic hydroxyl groups is 1. The zero-order valence-corrected chi connectivity index (χ0v) is 47.3. The molecule has 21 nitrogen and oxygen atoms in total. The van der Waals surface area contributed by atoms with E-state index in [2.05, 4.69) is 51.9 Å². The van der Waals surface area contributed by atoms with Crippen LogP contribution in [0, 0.1) is 11.3 Å². The smallest absolute Gasteiger partial charge is 0.414 e. The number of ether oxygens (including phenoxy) is 3. The molecule has 0 atom stereocenters. The van der Waals surface area contributed by atoms with Gasteiger partial charge in [-0.3, -0.25) is 15.1 Å². The summed E-state index contributed by atoms with van der Waals surface area (Å²) in [6.45, 7) is 18.5. The average Bonchev–Trinajstić information content (AvgIpc) is 4.17.